The number of nitro benzene ring substituents is 1. The van der Waals surface area contributed by atoms with Crippen LogP contribution in [0, 0.1) is 17.0 Å². The van der Waals surface area contributed by atoms with E-state index in [9.17, 15) is 10.1 Å². The smallest absolute Gasteiger partial charge is 0.270 e. The van der Waals surface area contributed by atoms with Gasteiger partial charge in [0.25, 0.3) is 5.69 Å². The highest BCUT2D eigenvalue weighted by Crippen LogP contribution is 2.33. The van der Waals surface area contributed by atoms with E-state index in [1.54, 1.807) is 12.1 Å². The van der Waals surface area contributed by atoms with Gasteiger partial charge in [0.2, 0.25) is 0 Å². The number of hydrogen-bond donors (Lipinski definition) is 1. The normalized spacial score (nSPS) is 15.5. The number of hydrogen-bond acceptors (Lipinski definition) is 5. The molecule has 1 heterocycles. The molecule has 0 amide bonds. The summed E-state index contributed by atoms with van der Waals surface area (Å²) >= 11 is 0. The van der Waals surface area contributed by atoms with Gasteiger partial charge in [-0.3, -0.25) is 10.1 Å². The van der Waals surface area contributed by atoms with Crippen molar-refractivity contribution >= 4 is 11.5 Å². The summed E-state index contributed by atoms with van der Waals surface area (Å²) in [4.78, 5) is 19.7. The van der Waals surface area contributed by atoms with Crippen LogP contribution in [-0.4, -0.2) is 14.9 Å². The predicted molar refractivity (Wildman–Crippen MR) is 100.0 cm³/mol. The summed E-state index contributed by atoms with van der Waals surface area (Å²) in [6, 6.07) is 17.0. The summed E-state index contributed by atoms with van der Waals surface area (Å²) in [6.45, 7) is 1.90. The van der Waals surface area contributed by atoms with E-state index in [-0.39, 0.29) is 11.7 Å². The number of anilines is 1. The minimum Gasteiger partial charge on any atom is -0.363 e. The van der Waals surface area contributed by atoms with Gasteiger partial charge < -0.3 is 5.32 Å². The number of benzene rings is 2. The van der Waals surface area contributed by atoms with Crippen LogP contribution in [0.4, 0.5) is 11.5 Å². The largest absolute Gasteiger partial charge is 0.363 e. The third-order valence-electron chi connectivity index (χ3n) is 4.62. The molecule has 6 heteroatoms. The number of nitrogens with zero attached hydrogens (tertiary/aromatic N) is 3. The van der Waals surface area contributed by atoms with Crippen LogP contribution >= 0.6 is 0 Å². The highest BCUT2D eigenvalue weighted by Gasteiger charge is 2.22. The number of nitrogens with one attached hydrogen (secondary N) is 1. The number of non-ortho nitro benzene ring substituents is 1. The second-order valence-electron chi connectivity index (χ2n) is 6.46. The van der Waals surface area contributed by atoms with Crippen molar-refractivity contribution in [1.82, 2.24) is 9.97 Å². The quantitative estimate of drug-likeness (QED) is 0.557. The highest BCUT2D eigenvalue weighted by atomic mass is 16.6. The van der Waals surface area contributed by atoms with Gasteiger partial charge in [-0.2, -0.15) is 0 Å². The fraction of sp³-hybridized carbons (Fsp3) is 0.200. The van der Waals surface area contributed by atoms with E-state index in [1.165, 1.54) is 23.3 Å². The molecule has 4 rings (SSSR count). The summed E-state index contributed by atoms with van der Waals surface area (Å²) in [5, 5.41) is 14.5. The molecule has 1 aliphatic rings. The molecule has 0 fully saturated rings. The van der Waals surface area contributed by atoms with Crippen LogP contribution in [0.1, 0.15) is 29.3 Å². The van der Waals surface area contributed by atoms with Gasteiger partial charge in [-0.15, -0.1) is 0 Å². The first-order valence-corrected chi connectivity index (χ1v) is 8.55. The van der Waals surface area contributed by atoms with Crippen molar-refractivity contribution in [2.75, 3.05) is 5.32 Å². The summed E-state index contributed by atoms with van der Waals surface area (Å²) < 4.78 is 0. The molecule has 6 nitrogen and oxygen atoms in total. The average molecular weight is 346 g/mol. The van der Waals surface area contributed by atoms with Crippen molar-refractivity contribution in [2.24, 2.45) is 0 Å². The van der Waals surface area contributed by atoms with Gasteiger partial charge >= 0.3 is 0 Å². The Kier molecular flexibility index (Phi) is 4.08. The van der Waals surface area contributed by atoms with E-state index in [1.807, 2.05) is 13.0 Å². The predicted octanol–water partition coefficient (Wildman–Crippen LogP) is 4.46. The molecular weight excluding hydrogens is 328 g/mol. The fourth-order valence-corrected chi connectivity index (χ4v) is 3.42. The standard InChI is InChI=1S/C20H18N4O2/c1-13-11-19(22-18-10-9-14-5-2-3-8-17(14)18)23-20(21-13)15-6-4-7-16(12-15)24(25)26/h2-8,11-12,18H,9-10H2,1H3,(H,21,22,23). The molecular formula is C20H18N4O2. The molecule has 3 aromatic rings. The summed E-state index contributed by atoms with van der Waals surface area (Å²) in [5.41, 5.74) is 4.16. The van der Waals surface area contributed by atoms with E-state index in [4.69, 9.17) is 0 Å². The fourth-order valence-electron chi connectivity index (χ4n) is 3.42. The Morgan fingerprint density at radius 1 is 1.12 bits per heavy atom. The van der Waals surface area contributed by atoms with Gasteiger partial charge in [-0.25, -0.2) is 9.97 Å². The molecule has 1 aliphatic carbocycles. The molecule has 1 aromatic heterocycles. The number of nitro groups is 1. The van der Waals surface area contributed by atoms with E-state index < -0.39 is 4.92 Å². The molecule has 0 saturated carbocycles. The molecule has 26 heavy (non-hydrogen) atoms. The minimum absolute atomic E-state index is 0.0341. The molecule has 1 atom stereocenters. The molecule has 2 aromatic carbocycles. The average Bonchev–Trinajstić information content (AvgIpc) is 3.04. The Morgan fingerprint density at radius 3 is 2.81 bits per heavy atom. The summed E-state index contributed by atoms with van der Waals surface area (Å²) in [5.74, 6) is 1.23. The van der Waals surface area contributed by atoms with Crippen molar-refractivity contribution in [3.05, 3.63) is 81.5 Å². The zero-order valence-corrected chi connectivity index (χ0v) is 14.3. The number of aryl methyl sites for hydroxylation is 2. The third kappa shape index (κ3) is 3.13. The maximum atomic E-state index is 11.0. The third-order valence-corrected chi connectivity index (χ3v) is 4.62. The van der Waals surface area contributed by atoms with Gasteiger partial charge in [0.1, 0.15) is 5.82 Å². The van der Waals surface area contributed by atoms with Crippen molar-refractivity contribution < 1.29 is 4.92 Å². The van der Waals surface area contributed by atoms with Crippen LogP contribution in [0.2, 0.25) is 0 Å². The van der Waals surface area contributed by atoms with Crippen LogP contribution in [-0.2, 0) is 6.42 Å². The number of fused-ring (bicyclic) bond motifs is 1. The van der Waals surface area contributed by atoms with E-state index in [0.29, 0.717) is 11.4 Å². The lowest BCUT2D eigenvalue weighted by Gasteiger charge is -2.16. The van der Waals surface area contributed by atoms with Crippen LogP contribution in [0.25, 0.3) is 11.4 Å². The highest BCUT2D eigenvalue weighted by molar-refractivity contribution is 5.61. The van der Waals surface area contributed by atoms with Gasteiger partial charge in [-0.05, 0) is 30.9 Å². The zero-order chi connectivity index (χ0) is 18.1. The van der Waals surface area contributed by atoms with Gasteiger partial charge in [0.05, 0.1) is 11.0 Å². The Balaban J connectivity index is 1.65. The summed E-state index contributed by atoms with van der Waals surface area (Å²) in [7, 11) is 0. The van der Waals surface area contributed by atoms with Crippen LogP contribution < -0.4 is 5.32 Å². The lowest BCUT2D eigenvalue weighted by molar-refractivity contribution is -0.384. The topological polar surface area (TPSA) is 81.0 Å². The maximum Gasteiger partial charge on any atom is 0.270 e. The zero-order valence-electron chi connectivity index (χ0n) is 14.3. The lowest BCUT2D eigenvalue weighted by atomic mass is 10.1. The van der Waals surface area contributed by atoms with Crippen LogP contribution in [0.5, 0.6) is 0 Å². The molecule has 0 spiro atoms. The minimum atomic E-state index is -0.409. The van der Waals surface area contributed by atoms with Crippen LogP contribution in [0.3, 0.4) is 0 Å². The van der Waals surface area contributed by atoms with Crippen molar-refractivity contribution in [1.29, 1.82) is 0 Å². The molecule has 130 valence electrons. The Labute approximate surface area is 151 Å². The van der Waals surface area contributed by atoms with Crippen molar-refractivity contribution in [3.8, 4) is 11.4 Å². The maximum absolute atomic E-state index is 11.0. The monoisotopic (exact) mass is 346 g/mol. The second kappa shape index (κ2) is 6.55. The first-order valence-electron chi connectivity index (χ1n) is 8.55. The summed E-state index contributed by atoms with van der Waals surface area (Å²) in [6.07, 6.45) is 2.07. The number of rotatable bonds is 4. The van der Waals surface area contributed by atoms with Crippen molar-refractivity contribution in [3.63, 3.8) is 0 Å². The lowest BCUT2D eigenvalue weighted by Crippen LogP contribution is -2.09. The van der Waals surface area contributed by atoms with E-state index >= 15 is 0 Å². The Morgan fingerprint density at radius 2 is 1.96 bits per heavy atom. The SMILES string of the molecule is Cc1cc(NC2CCc3ccccc32)nc(-c2cccc([N+](=O)[O-])c2)n1. The van der Waals surface area contributed by atoms with Gasteiger partial charge in [0.15, 0.2) is 5.82 Å². The van der Waals surface area contributed by atoms with Crippen LogP contribution in [0.15, 0.2) is 54.6 Å². The second-order valence-corrected chi connectivity index (χ2v) is 6.46. The molecule has 1 N–H and O–H groups in total. The van der Waals surface area contributed by atoms with Gasteiger partial charge in [0, 0.05) is 29.5 Å². The number of aromatic nitrogens is 2. The molecule has 0 radical (unpaired) electrons. The Hall–Kier alpha value is -3.28. The van der Waals surface area contributed by atoms with E-state index in [2.05, 4.69) is 39.6 Å². The van der Waals surface area contributed by atoms with Crippen molar-refractivity contribution in [2.45, 2.75) is 25.8 Å². The first-order chi connectivity index (χ1) is 12.6. The molecule has 0 saturated heterocycles. The molecule has 1 unspecified atom stereocenters. The van der Waals surface area contributed by atoms with Gasteiger partial charge in [-0.1, -0.05) is 36.4 Å². The first kappa shape index (κ1) is 16.2. The Bertz CT molecular complexity index is 987. The van der Waals surface area contributed by atoms with E-state index in [0.717, 1.165) is 24.4 Å². The molecule has 0 bridgehead atoms. The molecule has 0 aliphatic heterocycles.